The second kappa shape index (κ2) is 17.6. The van der Waals surface area contributed by atoms with Gasteiger partial charge in [0.2, 0.25) is 0 Å². The number of rotatable bonds is 18. The van der Waals surface area contributed by atoms with Gasteiger partial charge in [0.05, 0.1) is 29.4 Å². The molecule has 0 aliphatic carbocycles. The third-order valence-electron chi connectivity index (χ3n) is 6.89. The highest BCUT2D eigenvalue weighted by molar-refractivity contribution is 6.07. The number of aryl methyl sites for hydroxylation is 1. The summed E-state index contributed by atoms with van der Waals surface area (Å²) in [6.07, 6.45) is 12.2. The topological polar surface area (TPSA) is 62.1 Å². The molecule has 0 aliphatic rings. The van der Waals surface area contributed by atoms with E-state index in [1.807, 2.05) is 19.1 Å². The van der Waals surface area contributed by atoms with Crippen LogP contribution in [0.4, 0.5) is 18.9 Å². The van der Waals surface area contributed by atoms with Gasteiger partial charge >= 0.3 is 6.18 Å². The molecule has 1 N–H and O–H groups in total. The number of anilines is 1. The first kappa shape index (κ1) is 32.2. The first-order valence-corrected chi connectivity index (χ1v) is 14.5. The third-order valence-corrected chi connectivity index (χ3v) is 6.89. The Morgan fingerprint density at radius 1 is 0.872 bits per heavy atom. The molecule has 0 aromatic heterocycles. The van der Waals surface area contributed by atoms with Crippen LogP contribution in [0.2, 0.25) is 0 Å². The minimum Gasteiger partial charge on any atom is -0.493 e. The second-order valence-electron chi connectivity index (χ2n) is 10.0. The maximum atomic E-state index is 13.4. The number of amides is 1. The number of hydrogen-bond acceptors (Lipinski definition) is 3. The van der Waals surface area contributed by atoms with Crippen LogP contribution in [0.25, 0.3) is 0 Å². The molecule has 0 fully saturated rings. The van der Waals surface area contributed by atoms with E-state index in [1.54, 1.807) is 12.1 Å². The van der Waals surface area contributed by atoms with Crippen LogP contribution in [0.15, 0.2) is 36.4 Å². The number of halogens is 3. The summed E-state index contributed by atoms with van der Waals surface area (Å²) >= 11 is 0. The zero-order valence-electron chi connectivity index (χ0n) is 23.5. The van der Waals surface area contributed by atoms with Crippen LogP contribution in [0.3, 0.4) is 0 Å². The Hall–Kier alpha value is -3.01. The van der Waals surface area contributed by atoms with Crippen molar-refractivity contribution in [3.63, 3.8) is 0 Å². The van der Waals surface area contributed by atoms with Crippen molar-refractivity contribution in [2.24, 2.45) is 0 Å². The van der Waals surface area contributed by atoms with E-state index in [-0.39, 0.29) is 5.69 Å². The number of carbonyl (C=O) groups excluding carboxylic acids is 1. The Balaban J connectivity index is 1.91. The van der Waals surface area contributed by atoms with E-state index in [0.717, 1.165) is 37.0 Å². The van der Waals surface area contributed by atoms with Crippen molar-refractivity contribution in [2.45, 2.75) is 110 Å². The molecule has 2 rings (SSSR count). The molecule has 2 aromatic rings. The fourth-order valence-electron chi connectivity index (χ4n) is 4.80. The van der Waals surface area contributed by atoms with Crippen LogP contribution in [0.1, 0.15) is 124 Å². The van der Waals surface area contributed by atoms with Gasteiger partial charge in [-0.05, 0) is 49.6 Å². The summed E-state index contributed by atoms with van der Waals surface area (Å²) in [5.74, 6) is -0.117. The zero-order valence-corrected chi connectivity index (χ0v) is 23.5. The van der Waals surface area contributed by atoms with Crippen molar-refractivity contribution in [3.8, 4) is 11.8 Å². The lowest BCUT2D eigenvalue weighted by molar-refractivity contribution is -0.137. The number of nitrogens with one attached hydrogen (secondary N) is 1. The first-order valence-electron chi connectivity index (χ1n) is 14.5. The predicted molar refractivity (Wildman–Crippen MR) is 151 cm³/mol. The van der Waals surface area contributed by atoms with Gasteiger partial charge in [-0.15, -0.1) is 0 Å². The molecule has 0 unspecified atom stereocenters. The van der Waals surface area contributed by atoms with Gasteiger partial charge in [0.1, 0.15) is 5.75 Å². The average Bonchev–Trinajstić information content (AvgIpc) is 2.91. The SMILES string of the molecule is CCCCCCCCCCCCCCCc1cccc(OCC)c1C(=O)Nc1ccc(C#N)c(C(F)(F)F)c1. The highest BCUT2D eigenvalue weighted by Crippen LogP contribution is 2.34. The van der Waals surface area contributed by atoms with Crippen LogP contribution >= 0.6 is 0 Å². The van der Waals surface area contributed by atoms with Crippen LogP contribution < -0.4 is 10.1 Å². The number of alkyl halides is 3. The number of nitrogens with zero attached hydrogens (tertiary/aromatic N) is 1. The van der Waals surface area contributed by atoms with Crippen molar-refractivity contribution in [1.29, 1.82) is 5.26 Å². The van der Waals surface area contributed by atoms with Crippen molar-refractivity contribution in [1.82, 2.24) is 0 Å². The number of benzene rings is 2. The lowest BCUT2D eigenvalue weighted by atomic mass is 9.98. The van der Waals surface area contributed by atoms with Crippen molar-refractivity contribution in [3.05, 3.63) is 58.7 Å². The van der Waals surface area contributed by atoms with E-state index < -0.39 is 23.2 Å². The Kier molecular flexibility index (Phi) is 14.5. The second-order valence-corrected chi connectivity index (χ2v) is 10.0. The lowest BCUT2D eigenvalue weighted by Gasteiger charge is -2.16. The van der Waals surface area contributed by atoms with Gasteiger partial charge < -0.3 is 10.1 Å². The molecular weight excluding hydrogens is 501 g/mol. The minimum atomic E-state index is -4.70. The maximum absolute atomic E-state index is 13.4. The van der Waals surface area contributed by atoms with Crippen molar-refractivity contribution >= 4 is 11.6 Å². The molecular formula is C32H43F3N2O2. The molecule has 0 bridgehead atoms. The fraction of sp³-hybridized carbons (Fsp3) is 0.562. The summed E-state index contributed by atoms with van der Waals surface area (Å²) in [7, 11) is 0. The highest BCUT2D eigenvalue weighted by Gasteiger charge is 2.34. The summed E-state index contributed by atoms with van der Waals surface area (Å²) in [5, 5.41) is 11.6. The van der Waals surface area contributed by atoms with Gasteiger partial charge in [0.25, 0.3) is 5.91 Å². The van der Waals surface area contributed by atoms with Gasteiger partial charge in [-0.2, -0.15) is 18.4 Å². The number of carbonyl (C=O) groups is 1. The average molecular weight is 545 g/mol. The van der Waals surface area contributed by atoms with Crippen LogP contribution in [-0.2, 0) is 12.6 Å². The summed E-state index contributed by atoms with van der Waals surface area (Å²) in [5.41, 5.74) is -0.432. The standard InChI is InChI=1S/C32H43F3N2O2/c1-3-5-6-7-8-9-10-11-12-13-14-15-16-18-25-19-17-20-29(39-4-2)30(25)31(38)37-27-22-21-26(24-36)28(23-27)32(33,34)35/h17,19-23H,3-16,18H2,1-2H3,(H,37,38). The molecule has 0 saturated carbocycles. The van der Waals surface area contributed by atoms with E-state index in [9.17, 15) is 18.0 Å². The summed E-state index contributed by atoms with van der Waals surface area (Å²) in [6.45, 7) is 4.42. The number of hydrogen-bond donors (Lipinski definition) is 1. The number of ether oxygens (including phenoxy) is 1. The molecule has 0 aliphatic heterocycles. The molecule has 214 valence electrons. The van der Waals surface area contributed by atoms with Crippen molar-refractivity contribution in [2.75, 3.05) is 11.9 Å². The maximum Gasteiger partial charge on any atom is 0.417 e. The molecule has 7 heteroatoms. The van der Waals surface area contributed by atoms with E-state index in [1.165, 1.54) is 70.3 Å². The zero-order chi connectivity index (χ0) is 28.5. The predicted octanol–water partition coefficient (Wildman–Crippen LogP) is 9.86. The van der Waals surface area contributed by atoms with Crippen LogP contribution in [0, 0.1) is 11.3 Å². The summed E-state index contributed by atoms with van der Waals surface area (Å²) in [6, 6.07) is 10.1. The molecule has 0 atom stereocenters. The van der Waals surface area contributed by atoms with E-state index in [0.29, 0.717) is 24.3 Å². The number of unbranched alkanes of at least 4 members (excludes halogenated alkanes) is 12. The quantitative estimate of drug-likeness (QED) is 0.190. The largest absolute Gasteiger partial charge is 0.493 e. The molecule has 39 heavy (non-hydrogen) atoms. The van der Waals surface area contributed by atoms with E-state index >= 15 is 0 Å². The third kappa shape index (κ3) is 11.3. The molecule has 1 amide bonds. The van der Waals surface area contributed by atoms with Crippen LogP contribution in [-0.4, -0.2) is 12.5 Å². The van der Waals surface area contributed by atoms with Gasteiger partial charge in [0.15, 0.2) is 0 Å². The van der Waals surface area contributed by atoms with Gasteiger partial charge in [-0.3, -0.25) is 4.79 Å². The van der Waals surface area contributed by atoms with Gasteiger partial charge in [-0.25, -0.2) is 0 Å². The van der Waals surface area contributed by atoms with Gasteiger partial charge in [0, 0.05) is 5.69 Å². The van der Waals surface area contributed by atoms with Gasteiger partial charge in [-0.1, -0.05) is 96.1 Å². The number of nitriles is 1. The highest BCUT2D eigenvalue weighted by atomic mass is 19.4. The molecule has 0 spiro atoms. The summed E-state index contributed by atoms with van der Waals surface area (Å²) < 4.78 is 45.8. The lowest BCUT2D eigenvalue weighted by Crippen LogP contribution is -2.17. The monoisotopic (exact) mass is 544 g/mol. The minimum absolute atomic E-state index is 0.0236. The van der Waals surface area contributed by atoms with E-state index in [2.05, 4.69) is 12.2 Å². The van der Waals surface area contributed by atoms with Crippen LogP contribution in [0.5, 0.6) is 5.75 Å². The Morgan fingerprint density at radius 3 is 2.00 bits per heavy atom. The Morgan fingerprint density at radius 2 is 1.46 bits per heavy atom. The van der Waals surface area contributed by atoms with E-state index in [4.69, 9.17) is 10.00 Å². The van der Waals surface area contributed by atoms with Crippen molar-refractivity contribution < 1.29 is 22.7 Å². The Bertz CT molecular complexity index is 1060. The summed E-state index contributed by atoms with van der Waals surface area (Å²) in [4.78, 5) is 13.2. The fourth-order valence-corrected chi connectivity index (χ4v) is 4.80. The Labute approximate surface area is 232 Å². The molecule has 4 nitrogen and oxygen atoms in total. The first-order chi connectivity index (χ1) is 18.8. The normalized spacial score (nSPS) is 11.3. The molecule has 2 aromatic carbocycles. The molecule has 0 radical (unpaired) electrons. The molecule has 0 heterocycles. The smallest absolute Gasteiger partial charge is 0.417 e. The molecule has 0 saturated heterocycles.